The van der Waals surface area contributed by atoms with Crippen LogP contribution < -0.4 is 5.32 Å². The number of aryl methyl sites for hydroxylation is 2. The highest BCUT2D eigenvalue weighted by Gasteiger charge is 2.14. The smallest absolute Gasteiger partial charge is 0.156 e. The number of anilines is 2. The molecule has 1 fully saturated rings. The van der Waals surface area contributed by atoms with E-state index < -0.39 is 0 Å². The zero-order chi connectivity index (χ0) is 20.5. The number of rotatable bonds is 5. The predicted molar refractivity (Wildman–Crippen MR) is 122 cm³/mol. The zero-order valence-electron chi connectivity index (χ0n) is 17.6. The highest BCUT2D eigenvalue weighted by atomic mass is 15.1. The molecular formula is C25H27N5. The largest absolute Gasteiger partial charge is 0.338 e. The normalized spacial score (nSPS) is 14.5. The van der Waals surface area contributed by atoms with Gasteiger partial charge in [0.05, 0.1) is 24.4 Å². The van der Waals surface area contributed by atoms with Crippen LogP contribution in [0.2, 0.25) is 0 Å². The van der Waals surface area contributed by atoms with Gasteiger partial charge in [0.15, 0.2) is 5.82 Å². The molecule has 1 saturated heterocycles. The van der Waals surface area contributed by atoms with Crippen molar-refractivity contribution in [1.82, 2.24) is 19.3 Å². The molecule has 5 rings (SSSR count). The molecule has 0 aliphatic carbocycles. The van der Waals surface area contributed by atoms with Gasteiger partial charge in [-0.3, -0.25) is 9.30 Å². The first kappa shape index (κ1) is 18.8. The van der Waals surface area contributed by atoms with E-state index >= 15 is 0 Å². The van der Waals surface area contributed by atoms with Gasteiger partial charge in [0.1, 0.15) is 5.52 Å². The van der Waals surface area contributed by atoms with E-state index in [1.807, 2.05) is 18.7 Å². The number of nitrogens with one attached hydrogen (secondary N) is 1. The van der Waals surface area contributed by atoms with Crippen molar-refractivity contribution >= 4 is 17.0 Å². The van der Waals surface area contributed by atoms with Crippen molar-refractivity contribution in [1.29, 1.82) is 0 Å². The molecule has 0 bridgehead atoms. The van der Waals surface area contributed by atoms with Crippen molar-refractivity contribution in [2.75, 3.05) is 18.4 Å². The zero-order valence-corrected chi connectivity index (χ0v) is 17.6. The molecule has 0 radical (unpaired) electrons. The Labute approximate surface area is 177 Å². The van der Waals surface area contributed by atoms with Crippen molar-refractivity contribution in [2.45, 2.75) is 33.2 Å². The maximum atomic E-state index is 4.76. The van der Waals surface area contributed by atoms with Gasteiger partial charge in [0, 0.05) is 17.8 Å². The molecule has 3 heterocycles. The number of benzene rings is 2. The highest BCUT2D eigenvalue weighted by molar-refractivity contribution is 5.78. The molecule has 4 aromatic rings. The summed E-state index contributed by atoms with van der Waals surface area (Å²) in [6, 6.07) is 15.2. The van der Waals surface area contributed by atoms with Crippen molar-refractivity contribution < 1.29 is 0 Å². The molecule has 5 nitrogen and oxygen atoms in total. The summed E-state index contributed by atoms with van der Waals surface area (Å²) in [6.07, 6.45) is 8.31. The first-order chi connectivity index (χ1) is 14.7. The van der Waals surface area contributed by atoms with Crippen LogP contribution in [0.3, 0.4) is 0 Å². The average molecular weight is 398 g/mol. The molecule has 5 heteroatoms. The number of nitrogens with zero attached hydrogens (tertiary/aromatic N) is 4. The van der Waals surface area contributed by atoms with Crippen LogP contribution in [0, 0.1) is 13.8 Å². The van der Waals surface area contributed by atoms with E-state index in [2.05, 4.69) is 75.9 Å². The first-order valence-electron chi connectivity index (χ1n) is 10.6. The Balaban J connectivity index is 1.45. The summed E-state index contributed by atoms with van der Waals surface area (Å²) in [6.45, 7) is 7.70. The molecule has 1 N–H and O–H groups in total. The molecule has 0 amide bonds. The van der Waals surface area contributed by atoms with Crippen molar-refractivity contribution in [3.8, 4) is 11.3 Å². The van der Waals surface area contributed by atoms with Gasteiger partial charge in [-0.15, -0.1) is 0 Å². The summed E-state index contributed by atoms with van der Waals surface area (Å²) in [5.41, 5.74) is 8.03. The van der Waals surface area contributed by atoms with Gasteiger partial charge in [-0.05, 0) is 56.5 Å². The van der Waals surface area contributed by atoms with Gasteiger partial charge in [-0.2, -0.15) is 0 Å². The fraction of sp³-hybridized carbons (Fsp3) is 0.280. The number of hydrogen-bond acceptors (Lipinski definition) is 4. The van der Waals surface area contributed by atoms with E-state index in [1.54, 1.807) is 0 Å². The molecule has 2 aromatic heterocycles. The Morgan fingerprint density at radius 1 is 0.933 bits per heavy atom. The highest BCUT2D eigenvalue weighted by Crippen LogP contribution is 2.29. The number of fused-ring (bicyclic) bond motifs is 1. The predicted octanol–water partition coefficient (Wildman–Crippen LogP) is 5.35. The number of hydrogen-bond donors (Lipinski definition) is 1. The minimum atomic E-state index is 0.819. The lowest BCUT2D eigenvalue weighted by Gasteiger charge is -2.16. The second kappa shape index (κ2) is 7.92. The first-order valence-corrected chi connectivity index (χ1v) is 10.6. The van der Waals surface area contributed by atoms with Gasteiger partial charge < -0.3 is 5.32 Å². The van der Waals surface area contributed by atoms with Crippen LogP contribution in [-0.2, 0) is 6.54 Å². The van der Waals surface area contributed by atoms with E-state index in [4.69, 9.17) is 4.98 Å². The number of para-hydroxylation sites is 1. The van der Waals surface area contributed by atoms with Crippen LogP contribution in [-0.4, -0.2) is 32.4 Å². The third kappa shape index (κ3) is 3.57. The number of imidazole rings is 1. The van der Waals surface area contributed by atoms with Gasteiger partial charge in [-0.25, -0.2) is 9.97 Å². The lowest BCUT2D eigenvalue weighted by molar-refractivity contribution is 0.331. The third-order valence-corrected chi connectivity index (χ3v) is 6.04. The average Bonchev–Trinajstić information content (AvgIpc) is 3.44. The summed E-state index contributed by atoms with van der Waals surface area (Å²) in [7, 11) is 0. The Morgan fingerprint density at radius 3 is 2.40 bits per heavy atom. The van der Waals surface area contributed by atoms with Crippen LogP contribution in [0.15, 0.2) is 61.2 Å². The Kier molecular flexibility index (Phi) is 4.97. The van der Waals surface area contributed by atoms with Gasteiger partial charge >= 0.3 is 0 Å². The Bertz CT molecular complexity index is 1150. The van der Waals surface area contributed by atoms with E-state index in [0.717, 1.165) is 34.8 Å². The van der Waals surface area contributed by atoms with E-state index in [0.29, 0.717) is 0 Å². The number of aromatic nitrogens is 3. The molecule has 0 atom stereocenters. The van der Waals surface area contributed by atoms with Gasteiger partial charge in [-0.1, -0.05) is 42.5 Å². The molecule has 0 saturated carbocycles. The van der Waals surface area contributed by atoms with Gasteiger partial charge in [0.25, 0.3) is 0 Å². The van der Waals surface area contributed by atoms with E-state index in [-0.39, 0.29) is 0 Å². The van der Waals surface area contributed by atoms with Crippen molar-refractivity contribution in [2.24, 2.45) is 0 Å². The maximum Gasteiger partial charge on any atom is 0.156 e. The Hall–Kier alpha value is -3.18. The maximum absolute atomic E-state index is 4.76. The van der Waals surface area contributed by atoms with Crippen molar-refractivity contribution in [3.05, 3.63) is 77.9 Å². The molecule has 1 aliphatic rings. The van der Waals surface area contributed by atoms with Crippen LogP contribution in [0.5, 0.6) is 0 Å². The molecule has 1 aliphatic heterocycles. The summed E-state index contributed by atoms with van der Waals surface area (Å²) >= 11 is 0. The monoisotopic (exact) mass is 397 g/mol. The standard InChI is InChI=1S/C25H27N5/c1-18-6-5-7-19(2)24(18)28-25-23-14-26-17-30(23)22(15-27-25)21-10-8-20(9-11-21)16-29-12-3-4-13-29/h5-11,14-15,17H,3-4,12-13,16H2,1-2H3,(H,27,28). The number of likely N-dealkylation sites (tertiary alicyclic amines) is 1. The van der Waals surface area contributed by atoms with Crippen LogP contribution in [0.25, 0.3) is 16.8 Å². The van der Waals surface area contributed by atoms with Gasteiger partial charge in [0.2, 0.25) is 0 Å². The van der Waals surface area contributed by atoms with Crippen LogP contribution in [0.1, 0.15) is 29.5 Å². The topological polar surface area (TPSA) is 45.5 Å². The molecule has 0 spiro atoms. The third-order valence-electron chi connectivity index (χ3n) is 6.04. The minimum absolute atomic E-state index is 0.819. The van der Waals surface area contributed by atoms with Crippen LogP contribution >= 0.6 is 0 Å². The van der Waals surface area contributed by atoms with Crippen LogP contribution in [0.4, 0.5) is 11.5 Å². The molecule has 30 heavy (non-hydrogen) atoms. The fourth-order valence-corrected chi connectivity index (χ4v) is 4.34. The second-order valence-electron chi connectivity index (χ2n) is 8.21. The SMILES string of the molecule is Cc1cccc(C)c1Nc1ncc(-c2ccc(CN3CCCC3)cc2)n2cncc12. The molecule has 152 valence electrons. The summed E-state index contributed by atoms with van der Waals surface area (Å²) < 4.78 is 2.11. The second-order valence-corrected chi connectivity index (χ2v) is 8.21. The quantitative estimate of drug-likeness (QED) is 0.493. The minimum Gasteiger partial charge on any atom is -0.338 e. The lowest BCUT2D eigenvalue weighted by Crippen LogP contribution is -2.18. The van der Waals surface area contributed by atoms with E-state index in [1.165, 1.54) is 42.6 Å². The molecule has 2 aromatic carbocycles. The summed E-state index contributed by atoms with van der Waals surface area (Å²) in [4.78, 5) is 11.7. The lowest BCUT2D eigenvalue weighted by atomic mass is 10.1. The fourth-order valence-electron chi connectivity index (χ4n) is 4.34. The van der Waals surface area contributed by atoms with E-state index in [9.17, 15) is 0 Å². The summed E-state index contributed by atoms with van der Waals surface area (Å²) in [5, 5.41) is 3.52. The molecular weight excluding hydrogens is 370 g/mol. The molecule has 0 unspecified atom stereocenters. The van der Waals surface area contributed by atoms with Crippen molar-refractivity contribution in [3.63, 3.8) is 0 Å². The summed E-state index contributed by atoms with van der Waals surface area (Å²) in [5.74, 6) is 0.819. The Morgan fingerprint density at radius 2 is 1.67 bits per heavy atom.